The van der Waals surface area contributed by atoms with Gasteiger partial charge in [0.05, 0.1) is 12.9 Å². The van der Waals surface area contributed by atoms with Crippen molar-refractivity contribution in [2.75, 3.05) is 13.1 Å². The normalized spacial score (nSPS) is 19.3. The molecule has 0 atom stereocenters. The Labute approximate surface area is 149 Å². The van der Waals surface area contributed by atoms with Gasteiger partial charge in [-0.15, -0.1) is 10.2 Å². The summed E-state index contributed by atoms with van der Waals surface area (Å²) in [7, 11) is 0. The summed E-state index contributed by atoms with van der Waals surface area (Å²) in [5.41, 5.74) is -0.865. The van der Waals surface area contributed by atoms with Gasteiger partial charge < -0.3 is 4.57 Å². The molecule has 1 saturated carbocycles. The van der Waals surface area contributed by atoms with E-state index in [-0.39, 0.29) is 0 Å². The lowest BCUT2D eigenvalue weighted by Crippen LogP contribution is -2.36. The molecular formula is C17H22F2N6O. The van der Waals surface area contributed by atoms with Gasteiger partial charge >= 0.3 is 0 Å². The van der Waals surface area contributed by atoms with Gasteiger partial charge in [0.2, 0.25) is 0 Å². The summed E-state index contributed by atoms with van der Waals surface area (Å²) in [6.45, 7) is 3.19. The van der Waals surface area contributed by atoms with Crippen LogP contribution in [0.5, 0.6) is 0 Å². The molecule has 1 aliphatic heterocycles. The van der Waals surface area contributed by atoms with Crippen molar-refractivity contribution in [3.8, 4) is 0 Å². The number of piperidine rings is 1. The number of halogens is 2. The van der Waals surface area contributed by atoms with Gasteiger partial charge in [0.25, 0.3) is 12.0 Å². The van der Waals surface area contributed by atoms with Gasteiger partial charge in [0.15, 0.2) is 0 Å². The Morgan fingerprint density at radius 2 is 1.92 bits per heavy atom. The van der Waals surface area contributed by atoms with Crippen LogP contribution in [0.3, 0.4) is 0 Å². The quantitative estimate of drug-likeness (QED) is 0.784. The Morgan fingerprint density at radius 3 is 2.58 bits per heavy atom. The first kappa shape index (κ1) is 17.3. The first-order valence-electron chi connectivity index (χ1n) is 9.05. The zero-order chi connectivity index (χ0) is 18.1. The third-order valence-electron chi connectivity index (χ3n) is 5.24. The summed E-state index contributed by atoms with van der Waals surface area (Å²) in [4.78, 5) is 18.0. The van der Waals surface area contributed by atoms with Crippen LogP contribution in [-0.2, 0) is 13.1 Å². The smallest absolute Gasteiger partial charge is 0.280 e. The minimum absolute atomic E-state index is 0.351. The van der Waals surface area contributed by atoms with Crippen molar-refractivity contribution in [1.29, 1.82) is 0 Å². The summed E-state index contributed by atoms with van der Waals surface area (Å²) >= 11 is 0. The maximum absolute atomic E-state index is 12.6. The molecule has 9 heteroatoms. The van der Waals surface area contributed by atoms with Crippen LogP contribution in [0, 0.1) is 5.92 Å². The van der Waals surface area contributed by atoms with E-state index in [1.807, 2.05) is 6.33 Å². The van der Waals surface area contributed by atoms with Crippen molar-refractivity contribution in [3.63, 3.8) is 0 Å². The molecule has 0 amide bonds. The molecule has 0 unspecified atom stereocenters. The van der Waals surface area contributed by atoms with Crippen LogP contribution < -0.4 is 5.56 Å². The number of nitrogens with zero attached hydrogens (tertiary/aromatic N) is 6. The monoisotopic (exact) mass is 364 g/mol. The first-order valence-corrected chi connectivity index (χ1v) is 9.05. The van der Waals surface area contributed by atoms with Crippen LogP contribution in [0.2, 0.25) is 0 Å². The molecule has 7 nitrogen and oxygen atoms in total. The van der Waals surface area contributed by atoms with E-state index < -0.39 is 17.7 Å². The predicted molar refractivity (Wildman–Crippen MR) is 89.7 cm³/mol. The number of aromatic nitrogens is 5. The first-order chi connectivity index (χ1) is 12.6. The average Bonchev–Trinajstić information content (AvgIpc) is 3.37. The van der Waals surface area contributed by atoms with Crippen LogP contribution in [0.25, 0.3) is 0 Å². The highest BCUT2D eigenvalue weighted by molar-refractivity contribution is 5.01. The van der Waals surface area contributed by atoms with Crippen LogP contribution in [0.15, 0.2) is 23.5 Å². The topological polar surface area (TPSA) is 68.8 Å². The Morgan fingerprint density at radius 1 is 1.15 bits per heavy atom. The zero-order valence-electron chi connectivity index (χ0n) is 14.5. The number of hydrogen-bond acceptors (Lipinski definition) is 5. The largest absolute Gasteiger partial charge is 0.313 e. The molecule has 0 aromatic carbocycles. The van der Waals surface area contributed by atoms with Gasteiger partial charge in [-0.3, -0.25) is 14.3 Å². The Kier molecular flexibility index (Phi) is 4.80. The van der Waals surface area contributed by atoms with Gasteiger partial charge in [0, 0.05) is 18.7 Å². The van der Waals surface area contributed by atoms with Gasteiger partial charge in [-0.2, -0.15) is 0 Å². The van der Waals surface area contributed by atoms with E-state index in [1.165, 1.54) is 23.7 Å². The van der Waals surface area contributed by atoms with Crippen molar-refractivity contribution in [2.45, 2.75) is 51.2 Å². The number of rotatable bonds is 6. The van der Waals surface area contributed by atoms with E-state index in [0.717, 1.165) is 44.4 Å². The summed E-state index contributed by atoms with van der Waals surface area (Å²) in [6.07, 6.45) is 4.69. The van der Waals surface area contributed by atoms with Crippen molar-refractivity contribution < 1.29 is 8.78 Å². The molecule has 2 aliphatic rings. The van der Waals surface area contributed by atoms with E-state index in [9.17, 15) is 13.6 Å². The van der Waals surface area contributed by atoms with Crippen molar-refractivity contribution in [2.24, 2.45) is 5.92 Å². The van der Waals surface area contributed by atoms with Gasteiger partial charge in [-0.1, -0.05) is 0 Å². The molecular weight excluding hydrogens is 342 g/mol. The summed E-state index contributed by atoms with van der Waals surface area (Å²) < 4.78 is 28.8. The maximum Gasteiger partial charge on any atom is 0.280 e. The second-order valence-electron chi connectivity index (χ2n) is 7.21. The standard InChI is InChI=1S/C17H22F2N6O/c18-17(19)14-7-16(26)24(10-20-14)8-12-3-5-23(6-4-12)9-15-22-21-11-25(15)13-1-2-13/h7,10-13,17H,1-6,8-9H2. The summed E-state index contributed by atoms with van der Waals surface area (Å²) in [5.74, 6) is 1.37. The minimum Gasteiger partial charge on any atom is -0.313 e. The molecule has 26 heavy (non-hydrogen) atoms. The number of likely N-dealkylation sites (tertiary alicyclic amines) is 1. The fraction of sp³-hybridized carbons (Fsp3) is 0.647. The van der Waals surface area contributed by atoms with E-state index in [0.29, 0.717) is 18.5 Å². The highest BCUT2D eigenvalue weighted by atomic mass is 19.3. The molecule has 0 bridgehead atoms. The molecule has 0 spiro atoms. The molecule has 140 valence electrons. The third-order valence-corrected chi connectivity index (χ3v) is 5.24. The fourth-order valence-electron chi connectivity index (χ4n) is 3.54. The minimum atomic E-state index is -2.71. The van der Waals surface area contributed by atoms with Crippen LogP contribution >= 0.6 is 0 Å². The average molecular weight is 364 g/mol. The molecule has 2 fully saturated rings. The molecule has 1 saturated heterocycles. The lowest BCUT2D eigenvalue weighted by molar-refractivity contribution is 0.144. The second kappa shape index (κ2) is 7.22. The highest BCUT2D eigenvalue weighted by Gasteiger charge is 2.27. The molecule has 1 aliphatic carbocycles. The van der Waals surface area contributed by atoms with Crippen molar-refractivity contribution in [3.05, 3.63) is 40.6 Å². The van der Waals surface area contributed by atoms with E-state index in [2.05, 4.69) is 24.6 Å². The van der Waals surface area contributed by atoms with Crippen LogP contribution in [0.1, 0.15) is 49.7 Å². The van der Waals surface area contributed by atoms with E-state index >= 15 is 0 Å². The van der Waals surface area contributed by atoms with Gasteiger partial charge in [-0.05, 0) is 44.7 Å². The van der Waals surface area contributed by atoms with Crippen LogP contribution in [0.4, 0.5) is 8.78 Å². The predicted octanol–water partition coefficient (Wildman–Crippen LogP) is 2.02. The molecule has 3 heterocycles. The SMILES string of the molecule is O=c1cc(C(F)F)ncn1CC1CCN(Cc2nncn2C2CC2)CC1. The fourth-order valence-corrected chi connectivity index (χ4v) is 3.54. The van der Waals surface area contributed by atoms with Crippen LogP contribution in [-0.4, -0.2) is 42.3 Å². The molecule has 0 radical (unpaired) electrons. The molecule has 0 N–H and O–H groups in total. The number of hydrogen-bond donors (Lipinski definition) is 0. The third kappa shape index (κ3) is 3.82. The lowest BCUT2D eigenvalue weighted by Gasteiger charge is -2.31. The van der Waals surface area contributed by atoms with Gasteiger partial charge in [0.1, 0.15) is 17.8 Å². The van der Waals surface area contributed by atoms with E-state index in [1.54, 1.807) is 0 Å². The Bertz CT molecular complexity index is 808. The molecule has 4 rings (SSSR count). The Balaban J connectivity index is 1.31. The number of alkyl halides is 2. The Hall–Kier alpha value is -2.16. The summed E-state index contributed by atoms with van der Waals surface area (Å²) in [6, 6.07) is 1.51. The van der Waals surface area contributed by atoms with E-state index in [4.69, 9.17) is 0 Å². The zero-order valence-corrected chi connectivity index (χ0v) is 14.5. The molecule has 2 aromatic rings. The van der Waals surface area contributed by atoms with Gasteiger partial charge in [-0.25, -0.2) is 13.8 Å². The van der Waals surface area contributed by atoms with Crippen molar-refractivity contribution >= 4 is 0 Å². The maximum atomic E-state index is 12.6. The lowest BCUT2D eigenvalue weighted by atomic mass is 9.96. The second-order valence-corrected chi connectivity index (χ2v) is 7.21. The molecule has 2 aromatic heterocycles. The highest BCUT2D eigenvalue weighted by Crippen LogP contribution is 2.35. The van der Waals surface area contributed by atoms with Crippen molar-refractivity contribution in [1.82, 2.24) is 29.2 Å². The summed E-state index contributed by atoms with van der Waals surface area (Å²) in [5, 5.41) is 8.29.